The molecule has 7 nitrogen and oxygen atoms in total. The molecule has 2 aromatic heterocycles. The van der Waals surface area contributed by atoms with Crippen LogP contribution in [0.2, 0.25) is 0 Å². The average molecular weight is 366 g/mol. The highest BCUT2D eigenvalue weighted by atomic mass is 16.5. The molecule has 1 aliphatic rings. The minimum absolute atomic E-state index is 0.00173. The minimum atomic E-state index is -0.0234. The molecule has 0 aliphatic heterocycles. The van der Waals surface area contributed by atoms with Crippen LogP contribution in [0.5, 0.6) is 0 Å². The molecule has 1 fully saturated rings. The normalized spacial score (nSPS) is 19.9. The van der Waals surface area contributed by atoms with Crippen molar-refractivity contribution in [2.24, 2.45) is 11.8 Å². The van der Waals surface area contributed by atoms with E-state index in [1.54, 1.807) is 23.9 Å². The average Bonchev–Trinajstić information content (AvgIpc) is 3.09. The van der Waals surface area contributed by atoms with Crippen LogP contribution < -0.4 is 10.9 Å². The molecule has 3 aromatic rings. The van der Waals surface area contributed by atoms with Gasteiger partial charge in [-0.1, -0.05) is 17.3 Å². The number of amides is 1. The predicted molar refractivity (Wildman–Crippen MR) is 101 cm³/mol. The zero-order valence-corrected chi connectivity index (χ0v) is 15.2. The largest absolute Gasteiger partial charge is 0.360 e. The number of nitrogens with zero attached hydrogens (tertiary/aromatic N) is 3. The summed E-state index contributed by atoms with van der Waals surface area (Å²) in [6, 6.07) is 9.11. The van der Waals surface area contributed by atoms with E-state index in [2.05, 4.69) is 15.5 Å². The Labute approximate surface area is 156 Å². The van der Waals surface area contributed by atoms with Crippen molar-refractivity contribution in [2.45, 2.75) is 39.2 Å². The first-order chi connectivity index (χ1) is 13.1. The number of carbonyl (C=O) groups excluding carboxylic acids is 1. The Morgan fingerprint density at radius 3 is 2.78 bits per heavy atom. The Morgan fingerprint density at radius 1 is 1.26 bits per heavy atom. The number of aromatic nitrogens is 3. The van der Waals surface area contributed by atoms with Crippen molar-refractivity contribution in [3.8, 4) is 0 Å². The van der Waals surface area contributed by atoms with Crippen molar-refractivity contribution in [2.75, 3.05) is 5.32 Å². The molecule has 4 rings (SSSR count). The number of rotatable bonds is 4. The molecule has 0 spiro atoms. The van der Waals surface area contributed by atoms with Crippen LogP contribution in [-0.4, -0.2) is 20.6 Å². The fraction of sp³-hybridized carbons (Fsp3) is 0.400. The number of hydrogen-bond acceptors (Lipinski definition) is 5. The van der Waals surface area contributed by atoms with Gasteiger partial charge in [-0.2, -0.15) is 0 Å². The molecule has 1 aliphatic carbocycles. The summed E-state index contributed by atoms with van der Waals surface area (Å²) in [4.78, 5) is 29.4. The summed E-state index contributed by atoms with van der Waals surface area (Å²) < 4.78 is 6.67. The maximum Gasteiger partial charge on any atom is 0.261 e. The van der Waals surface area contributed by atoms with Crippen molar-refractivity contribution in [3.63, 3.8) is 0 Å². The Bertz CT molecular complexity index is 1020. The summed E-state index contributed by atoms with van der Waals surface area (Å²) in [6.45, 7) is 2.44. The molecule has 0 bridgehead atoms. The van der Waals surface area contributed by atoms with Gasteiger partial charge in [0.05, 0.1) is 17.2 Å². The standard InChI is InChI=1S/C20H22N4O3/c1-13-10-18(23-27-13)22-19(25)15-8-6-14(7-9-15)11-24-12-21-17-5-3-2-4-16(17)20(24)26/h2-5,10,12,14-15H,6-9,11H2,1H3,(H,22,23,25). The van der Waals surface area contributed by atoms with Crippen molar-refractivity contribution in [1.82, 2.24) is 14.7 Å². The highest BCUT2D eigenvalue weighted by molar-refractivity contribution is 5.91. The van der Waals surface area contributed by atoms with E-state index < -0.39 is 0 Å². The van der Waals surface area contributed by atoms with Gasteiger partial charge in [0.15, 0.2) is 5.82 Å². The van der Waals surface area contributed by atoms with Gasteiger partial charge in [-0.05, 0) is 50.7 Å². The molecule has 0 radical (unpaired) electrons. The van der Waals surface area contributed by atoms with E-state index >= 15 is 0 Å². The zero-order valence-electron chi connectivity index (χ0n) is 15.2. The molecule has 27 heavy (non-hydrogen) atoms. The third-order valence-corrected chi connectivity index (χ3v) is 5.28. The number of anilines is 1. The fourth-order valence-corrected chi connectivity index (χ4v) is 3.78. The fourth-order valence-electron chi connectivity index (χ4n) is 3.78. The van der Waals surface area contributed by atoms with Crippen LogP contribution in [0, 0.1) is 18.8 Å². The molecule has 0 atom stereocenters. The summed E-state index contributed by atoms with van der Waals surface area (Å²) in [5.74, 6) is 1.48. The molecular formula is C20H22N4O3. The predicted octanol–water partition coefficient (Wildman–Crippen LogP) is 3.14. The second-order valence-corrected chi connectivity index (χ2v) is 7.25. The molecular weight excluding hydrogens is 344 g/mol. The third-order valence-electron chi connectivity index (χ3n) is 5.28. The molecule has 1 N–H and O–H groups in total. The van der Waals surface area contributed by atoms with Gasteiger partial charge in [-0.15, -0.1) is 0 Å². The Morgan fingerprint density at radius 2 is 2.04 bits per heavy atom. The van der Waals surface area contributed by atoms with Crippen LogP contribution in [0.25, 0.3) is 10.9 Å². The maximum absolute atomic E-state index is 12.6. The molecule has 0 unspecified atom stereocenters. The molecule has 2 heterocycles. The number of aryl methyl sites for hydroxylation is 1. The number of carbonyl (C=O) groups is 1. The van der Waals surface area contributed by atoms with Gasteiger partial charge in [0.25, 0.3) is 5.56 Å². The highest BCUT2D eigenvalue weighted by Crippen LogP contribution is 2.30. The Hall–Kier alpha value is -2.96. The third kappa shape index (κ3) is 3.77. The number of hydrogen-bond donors (Lipinski definition) is 1. The van der Waals surface area contributed by atoms with Crippen LogP contribution in [0.4, 0.5) is 5.82 Å². The first kappa shape index (κ1) is 17.5. The lowest BCUT2D eigenvalue weighted by Crippen LogP contribution is -2.30. The Kier molecular flexibility index (Phi) is 4.75. The van der Waals surface area contributed by atoms with E-state index in [0.29, 0.717) is 29.4 Å². The number of fused-ring (bicyclic) bond motifs is 1. The summed E-state index contributed by atoms with van der Waals surface area (Å²) in [5.41, 5.74) is 0.726. The van der Waals surface area contributed by atoms with E-state index in [0.717, 1.165) is 31.2 Å². The lowest BCUT2D eigenvalue weighted by molar-refractivity contribution is -0.121. The van der Waals surface area contributed by atoms with Crippen LogP contribution in [0.15, 0.2) is 46.0 Å². The van der Waals surface area contributed by atoms with Gasteiger partial charge < -0.3 is 9.84 Å². The first-order valence-corrected chi connectivity index (χ1v) is 9.28. The number of nitrogens with one attached hydrogen (secondary N) is 1. The molecule has 7 heteroatoms. The van der Waals surface area contributed by atoms with E-state index in [9.17, 15) is 9.59 Å². The van der Waals surface area contributed by atoms with Crippen molar-refractivity contribution < 1.29 is 9.32 Å². The van der Waals surface area contributed by atoms with E-state index in [1.807, 2.05) is 24.3 Å². The molecule has 1 amide bonds. The second kappa shape index (κ2) is 7.34. The van der Waals surface area contributed by atoms with E-state index in [4.69, 9.17) is 4.52 Å². The SMILES string of the molecule is Cc1cc(NC(=O)C2CCC(Cn3cnc4ccccc4c3=O)CC2)no1. The van der Waals surface area contributed by atoms with Crippen LogP contribution in [-0.2, 0) is 11.3 Å². The molecule has 1 saturated carbocycles. The van der Waals surface area contributed by atoms with Gasteiger partial charge in [0, 0.05) is 18.5 Å². The van der Waals surface area contributed by atoms with Gasteiger partial charge in [0.1, 0.15) is 5.76 Å². The Balaban J connectivity index is 1.36. The van der Waals surface area contributed by atoms with E-state index in [-0.39, 0.29) is 17.4 Å². The summed E-state index contributed by atoms with van der Waals surface area (Å²) in [7, 11) is 0. The van der Waals surface area contributed by atoms with Crippen LogP contribution >= 0.6 is 0 Å². The molecule has 1 aromatic carbocycles. The van der Waals surface area contributed by atoms with Crippen molar-refractivity contribution >= 4 is 22.6 Å². The minimum Gasteiger partial charge on any atom is -0.360 e. The topological polar surface area (TPSA) is 90.0 Å². The lowest BCUT2D eigenvalue weighted by Gasteiger charge is -2.27. The monoisotopic (exact) mass is 366 g/mol. The summed E-state index contributed by atoms with van der Waals surface area (Å²) >= 11 is 0. The number of para-hydroxylation sites is 1. The van der Waals surface area contributed by atoms with Crippen molar-refractivity contribution in [3.05, 3.63) is 52.8 Å². The molecule has 140 valence electrons. The quantitative estimate of drug-likeness (QED) is 0.766. The second-order valence-electron chi connectivity index (χ2n) is 7.25. The number of benzene rings is 1. The van der Waals surface area contributed by atoms with Gasteiger partial charge in [0.2, 0.25) is 5.91 Å². The van der Waals surface area contributed by atoms with Gasteiger partial charge in [-0.3, -0.25) is 14.2 Å². The first-order valence-electron chi connectivity index (χ1n) is 9.28. The molecule has 0 saturated heterocycles. The summed E-state index contributed by atoms with van der Waals surface area (Å²) in [5, 5.41) is 7.27. The van der Waals surface area contributed by atoms with Crippen LogP contribution in [0.1, 0.15) is 31.4 Å². The van der Waals surface area contributed by atoms with Crippen molar-refractivity contribution in [1.29, 1.82) is 0 Å². The smallest absolute Gasteiger partial charge is 0.261 e. The highest BCUT2D eigenvalue weighted by Gasteiger charge is 2.27. The van der Waals surface area contributed by atoms with Crippen LogP contribution in [0.3, 0.4) is 0 Å². The van der Waals surface area contributed by atoms with Gasteiger partial charge >= 0.3 is 0 Å². The maximum atomic E-state index is 12.6. The zero-order chi connectivity index (χ0) is 18.8. The summed E-state index contributed by atoms with van der Waals surface area (Å²) in [6.07, 6.45) is 5.08. The van der Waals surface area contributed by atoms with E-state index in [1.165, 1.54) is 0 Å². The van der Waals surface area contributed by atoms with Gasteiger partial charge in [-0.25, -0.2) is 4.98 Å². The lowest BCUT2D eigenvalue weighted by atomic mass is 9.81.